The molecule has 0 fully saturated rings. The van der Waals surface area contributed by atoms with Crippen LogP contribution in [0.2, 0.25) is 0 Å². The largest absolute Gasteiger partial charge is 0.365 e. The first kappa shape index (κ1) is 28.9. The molecule has 0 saturated carbocycles. The molecule has 0 spiro atoms. The van der Waals surface area contributed by atoms with Crippen LogP contribution >= 0.6 is 0 Å². The molecule has 0 aliphatic heterocycles. The Morgan fingerprint density at radius 2 is 1.54 bits per heavy atom. The van der Waals surface area contributed by atoms with Crippen LogP contribution in [0.15, 0.2) is 96.7 Å². The molecule has 3 aromatic carbocycles. The highest BCUT2D eigenvalue weighted by Crippen LogP contribution is 2.31. The Balaban J connectivity index is 1.93. The molecule has 0 radical (unpaired) electrons. The summed E-state index contributed by atoms with van der Waals surface area (Å²) >= 11 is 0. The maximum absolute atomic E-state index is 13.8. The van der Waals surface area contributed by atoms with Gasteiger partial charge in [0.1, 0.15) is 5.71 Å². The number of nitro groups is 1. The lowest BCUT2D eigenvalue weighted by Gasteiger charge is -2.15. The standard InChI is InChI=1S/C32H32N2O5/c1-4-6-7-11-18-30(33-39-32(36)25-14-9-8-10-15-25)31(35)27(5-2)29-17-13-12-16-28(29)23(3)24-19-21-26(22-20-24)34(37)38/h5,8-10,12-17,19-22H,3-4,6-7,11,18H2,1-2H3/b27-5+,33-30+. The second-order valence-electron chi connectivity index (χ2n) is 8.95. The lowest BCUT2D eigenvalue weighted by Crippen LogP contribution is -2.18. The summed E-state index contributed by atoms with van der Waals surface area (Å²) in [5.74, 6) is -0.970. The summed E-state index contributed by atoms with van der Waals surface area (Å²) in [5, 5.41) is 15.1. The number of carbonyl (C=O) groups is 2. The van der Waals surface area contributed by atoms with Crippen LogP contribution in [0.1, 0.15) is 73.0 Å². The van der Waals surface area contributed by atoms with E-state index in [0.717, 1.165) is 25.7 Å². The smallest absolute Gasteiger partial charge is 0.312 e. The molecular formula is C32H32N2O5. The van der Waals surface area contributed by atoms with E-state index in [4.69, 9.17) is 4.84 Å². The van der Waals surface area contributed by atoms with E-state index in [1.165, 1.54) is 12.1 Å². The summed E-state index contributed by atoms with van der Waals surface area (Å²) in [6.07, 6.45) is 5.81. The SMILES string of the molecule is C=C(c1ccc([N+](=O)[O-])cc1)c1ccccc1/C(=C\C)C(=O)/C(CCCCCC)=N/OC(=O)c1ccccc1. The topological polar surface area (TPSA) is 98.9 Å². The zero-order chi connectivity index (χ0) is 28.2. The highest BCUT2D eigenvalue weighted by atomic mass is 16.7. The van der Waals surface area contributed by atoms with E-state index in [1.807, 2.05) is 24.3 Å². The zero-order valence-corrected chi connectivity index (χ0v) is 22.3. The van der Waals surface area contributed by atoms with E-state index in [2.05, 4.69) is 18.7 Å². The van der Waals surface area contributed by atoms with Gasteiger partial charge in [0.25, 0.3) is 5.69 Å². The van der Waals surface area contributed by atoms with Gasteiger partial charge in [-0.2, -0.15) is 0 Å². The van der Waals surface area contributed by atoms with Crippen LogP contribution in [0.5, 0.6) is 0 Å². The van der Waals surface area contributed by atoms with E-state index < -0.39 is 10.9 Å². The highest BCUT2D eigenvalue weighted by Gasteiger charge is 2.22. The van der Waals surface area contributed by atoms with Crippen molar-refractivity contribution in [1.82, 2.24) is 0 Å². The average Bonchev–Trinajstić information content (AvgIpc) is 2.97. The number of oxime groups is 1. The maximum Gasteiger partial charge on any atom is 0.365 e. The molecule has 39 heavy (non-hydrogen) atoms. The van der Waals surface area contributed by atoms with E-state index in [-0.39, 0.29) is 17.2 Å². The maximum atomic E-state index is 13.8. The number of non-ortho nitro benzene ring substituents is 1. The third-order valence-corrected chi connectivity index (χ3v) is 6.28. The van der Waals surface area contributed by atoms with Gasteiger partial charge in [0.2, 0.25) is 5.78 Å². The Hall–Kier alpha value is -4.65. The van der Waals surface area contributed by atoms with Crippen LogP contribution in [0.25, 0.3) is 11.1 Å². The van der Waals surface area contributed by atoms with Gasteiger partial charge in [-0.15, -0.1) is 0 Å². The van der Waals surface area contributed by atoms with E-state index in [1.54, 1.807) is 55.5 Å². The Morgan fingerprint density at radius 1 is 0.897 bits per heavy atom. The van der Waals surface area contributed by atoms with Gasteiger partial charge in [-0.3, -0.25) is 14.9 Å². The quantitative estimate of drug-likeness (QED) is 0.0567. The van der Waals surface area contributed by atoms with Crippen molar-refractivity contribution in [2.75, 3.05) is 0 Å². The number of hydrogen-bond donors (Lipinski definition) is 0. The molecule has 0 aromatic heterocycles. The zero-order valence-electron chi connectivity index (χ0n) is 22.3. The van der Waals surface area contributed by atoms with Crippen LogP contribution in [0, 0.1) is 10.1 Å². The van der Waals surface area contributed by atoms with E-state index in [0.29, 0.717) is 39.8 Å². The lowest BCUT2D eigenvalue weighted by molar-refractivity contribution is -0.384. The highest BCUT2D eigenvalue weighted by molar-refractivity contribution is 6.55. The molecule has 3 rings (SSSR count). The Bertz CT molecular complexity index is 1390. The number of unbranched alkanes of at least 4 members (excludes halogenated alkanes) is 3. The fraction of sp³-hybridized carbons (Fsp3) is 0.219. The van der Waals surface area contributed by atoms with Crippen LogP contribution in [-0.4, -0.2) is 22.4 Å². The van der Waals surface area contributed by atoms with Gasteiger partial charge in [-0.1, -0.05) is 86.5 Å². The number of allylic oxidation sites excluding steroid dienone is 2. The van der Waals surface area contributed by atoms with Crippen molar-refractivity contribution in [3.8, 4) is 0 Å². The molecule has 0 amide bonds. The second-order valence-corrected chi connectivity index (χ2v) is 8.95. The summed E-state index contributed by atoms with van der Waals surface area (Å²) in [7, 11) is 0. The Morgan fingerprint density at radius 3 is 2.15 bits per heavy atom. The summed E-state index contributed by atoms with van der Waals surface area (Å²) in [6.45, 7) is 8.08. The molecule has 0 unspecified atom stereocenters. The molecule has 7 heteroatoms. The molecule has 0 bridgehead atoms. The molecule has 0 saturated heterocycles. The number of carbonyl (C=O) groups excluding carboxylic acids is 2. The van der Waals surface area contributed by atoms with Crippen molar-refractivity contribution in [3.63, 3.8) is 0 Å². The van der Waals surface area contributed by atoms with Crippen molar-refractivity contribution in [3.05, 3.63) is 124 Å². The van der Waals surface area contributed by atoms with Crippen LogP contribution < -0.4 is 0 Å². The van der Waals surface area contributed by atoms with Gasteiger partial charge in [-0.25, -0.2) is 4.79 Å². The molecule has 0 aliphatic carbocycles. The number of nitrogens with zero attached hydrogens (tertiary/aromatic N) is 2. The minimum Gasteiger partial charge on any atom is -0.312 e. The van der Waals surface area contributed by atoms with Crippen molar-refractivity contribution in [2.24, 2.45) is 5.16 Å². The summed E-state index contributed by atoms with van der Waals surface area (Å²) < 4.78 is 0. The minimum atomic E-state index is -0.636. The van der Waals surface area contributed by atoms with Gasteiger partial charge in [0, 0.05) is 17.7 Å². The number of benzene rings is 3. The van der Waals surface area contributed by atoms with Gasteiger partial charge < -0.3 is 4.84 Å². The van der Waals surface area contributed by atoms with Crippen LogP contribution in [-0.2, 0) is 9.63 Å². The minimum absolute atomic E-state index is 0.0156. The van der Waals surface area contributed by atoms with E-state index >= 15 is 0 Å². The monoisotopic (exact) mass is 524 g/mol. The number of nitro benzene ring substituents is 1. The first-order chi connectivity index (χ1) is 18.9. The average molecular weight is 525 g/mol. The second kappa shape index (κ2) is 14.3. The number of Topliss-reactive ketones (excluding diaryl/α,β-unsaturated/α-hetero) is 1. The third-order valence-electron chi connectivity index (χ3n) is 6.28. The molecule has 7 nitrogen and oxygen atoms in total. The first-order valence-corrected chi connectivity index (χ1v) is 12.9. The molecule has 0 N–H and O–H groups in total. The molecule has 200 valence electrons. The van der Waals surface area contributed by atoms with Crippen molar-refractivity contribution >= 4 is 34.3 Å². The van der Waals surface area contributed by atoms with Crippen molar-refractivity contribution in [2.45, 2.75) is 46.0 Å². The summed E-state index contributed by atoms with van der Waals surface area (Å²) in [5.41, 5.74) is 3.56. The number of rotatable bonds is 13. The predicted molar refractivity (Wildman–Crippen MR) is 154 cm³/mol. The fourth-order valence-electron chi connectivity index (χ4n) is 4.13. The van der Waals surface area contributed by atoms with Crippen LogP contribution in [0.4, 0.5) is 5.69 Å². The third kappa shape index (κ3) is 7.68. The molecular weight excluding hydrogens is 492 g/mol. The van der Waals surface area contributed by atoms with Gasteiger partial charge in [0.15, 0.2) is 0 Å². The molecule has 0 aliphatic rings. The number of hydrogen-bond acceptors (Lipinski definition) is 6. The van der Waals surface area contributed by atoms with Gasteiger partial charge in [-0.05, 0) is 66.3 Å². The summed E-state index contributed by atoms with van der Waals surface area (Å²) in [6, 6.07) is 22.0. The normalized spacial score (nSPS) is 11.6. The summed E-state index contributed by atoms with van der Waals surface area (Å²) in [4.78, 5) is 42.1. The lowest BCUT2D eigenvalue weighted by atomic mass is 9.88. The molecule has 0 heterocycles. The molecule has 0 atom stereocenters. The molecule has 3 aromatic rings. The predicted octanol–water partition coefficient (Wildman–Crippen LogP) is 7.81. The van der Waals surface area contributed by atoms with Gasteiger partial charge >= 0.3 is 5.97 Å². The van der Waals surface area contributed by atoms with E-state index in [9.17, 15) is 19.7 Å². The number of ketones is 1. The Labute approximate surface area is 228 Å². The first-order valence-electron chi connectivity index (χ1n) is 12.9. The van der Waals surface area contributed by atoms with Gasteiger partial charge in [0.05, 0.1) is 10.5 Å². The fourth-order valence-corrected chi connectivity index (χ4v) is 4.13. The van der Waals surface area contributed by atoms with Crippen molar-refractivity contribution in [1.29, 1.82) is 0 Å². The Kier molecular flexibility index (Phi) is 10.6. The van der Waals surface area contributed by atoms with Crippen LogP contribution in [0.3, 0.4) is 0 Å². The van der Waals surface area contributed by atoms with Crippen molar-refractivity contribution < 1.29 is 19.3 Å².